The average molecular weight is 152 g/mol. The molecule has 0 aliphatic carbocycles. The summed E-state index contributed by atoms with van der Waals surface area (Å²) in [6.07, 6.45) is 0. The zero-order valence-electron chi connectivity index (χ0n) is 7.67. The molecular weight excluding hydrogens is 135 g/mol. The number of hydrogen-bond donors (Lipinski definition) is 1. The minimum Gasteiger partial charge on any atom is -0.314 e. The Balaban J connectivity index is 2.55. The first-order valence-electron chi connectivity index (χ1n) is 4.36. The smallest absolute Gasteiger partial charge is 0.0928 e. The summed E-state index contributed by atoms with van der Waals surface area (Å²) in [5.74, 6) is 0.193. The molecule has 1 fully saturated rings. The summed E-state index contributed by atoms with van der Waals surface area (Å²) in [6.45, 7) is 8.59. The second-order valence-electron chi connectivity index (χ2n) is 3.62. The van der Waals surface area contributed by atoms with Gasteiger partial charge in [-0.1, -0.05) is 0 Å². The first-order chi connectivity index (χ1) is 5.13. The van der Waals surface area contributed by atoms with Crippen molar-refractivity contribution in [1.82, 2.24) is 10.2 Å². The summed E-state index contributed by atoms with van der Waals surface area (Å²) in [6, 6.07) is 1.13. The standard InChI is InChI=1S/C8H17BN2/c1-6(2)11-7(3)4-10-5-8(11)9/h6-8,10H,4-5H2,1-3H3. The molecule has 3 heteroatoms. The molecule has 0 aromatic rings. The normalized spacial score (nSPS) is 34.5. The van der Waals surface area contributed by atoms with Crippen molar-refractivity contribution in [3.05, 3.63) is 0 Å². The lowest BCUT2D eigenvalue weighted by Gasteiger charge is -2.42. The Morgan fingerprint density at radius 1 is 1.45 bits per heavy atom. The topological polar surface area (TPSA) is 15.3 Å². The fourth-order valence-electron chi connectivity index (χ4n) is 1.87. The molecular formula is C8H17BN2. The van der Waals surface area contributed by atoms with Gasteiger partial charge in [-0.25, -0.2) is 0 Å². The maximum Gasteiger partial charge on any atom is 0.0928 e. The third-order valence-electron chi connectivity index (χ3n) is 2.28. The summed E-state index contributed by atoms with van der Waals surface area (Å²) >= 11 is 0. The van der Waals surface area contributed by atoms with Crippen LogP contribution in [0.15, 0.2) is 0 Å². The van der Waals surface area contributed by atoms with Gasteiger partial charge in [0, 0.05) is 25.2 Å². The number of piperazine rings is 1. The van der Waals surface area contributed by atoms with E-state index in [0.29, 0.717) is 12.1 Å². The molecule has 1 rings (SSSR count). The predicted molar refractivity (Wildman–Crippen MR) is 48.8 cm³/mol. The van der Waals surface area contributed by atoms with Gasteiger partial charge in [-0.3, -0.25) is 0 Å². The molecule has 2 radical (unpaired) electrons. The van der Waals surface area contributed by atoms with Crippen molar-refractivity contribution in [2.24, 2.45) is 0 Å². The van der Waals surface area contributed by atoms with Crippen molar-refractivity contribution < 1.29 is 0 Å². The number of nitrogens with one attached hydrogen (secondary N) is 1. The second kappa shape index (κ2) is 3.59. The minimum atomic E-state index is 0.193. The molecule has 1 heterocycles. The lowest BCUT2D eigenvalue weighted by molar-refractivity contribution is 0.113. The molecule has 2 unspecified atom stereocenters. The highest BCUT2D eigenvalue weighted by atomic mass is 15.2. The Morgan fingerprint density at radius 3 is 2.45 bits per heavy atom. The summed E-state index contributed by atoms with van der Waals surface area (Å²) < 4.78 is 0. The van der Waals surface area contributed by atoms with Gasteiger partial charge < -0.3 is 10.2 Å². The molecule has 0 aromatic heterocycles. The van der Waals surface area contributed by atoms with Crippen molar-refractivity contribution in [2.45, 2.75) is 38.8 Å². The first kappa shape index (κ1) is 9.08. The minimum absolute atomic E-state index is 0.193. The summed E-state index contributed by atoms with van der Waals surface area (Å²) in [5.41, 5.74) is 0. The zero-order valence-corrected chi connectivity index (χ0v) is 7.67. The second-order valence-corrected chi connectivity index (χ2v) is 3.62. The Hall–Kier alpha value is -0.0151. The van der Waals surface area contributed by atoms with E-state index in [9.17, 15) is 0 Å². The van der Waals surface area contributed by atoms with Crippen molar-refractivity contribution >= 4 is 7.85 Å². The molecule has 0 aromatic carbocycles. The molecule has 0 spiro atoms. The van der Waals surface area contributed by atoms with Gasteiger partial charge in [-0.15, -0.1) is 0 Å². The molecule has 1 N–H and O–H groups in total. The van der Waals surface area contributed by atoms with E-state index < -0.39 is 0 Å². The van der Waals surface area contributed by atoms with E-state index in [1.165, 1.54) is 0 Å². The van der Waals surface area contributed by atoms with Crippen LogP contribution in [0.4, 0.5) is 0 Å². The van der Waals surface area contributed by atoms with Gasteiger partial charge in [-0.05, 0) is 26.7 Å². The Bertz CT molecular complexity index is 117. The van der Waals surface area contributed by atoms with Gasteiger partial charge in [0.05, 0.1) is 7.85 Å². The Labute approximate surface area is 70.7 Å². The quantitative estimate of drug-likeness (QED) is 0.539. The molecule has 0 bridgehead atoms. The monoisotopic (exact) mass is 152 g/mol. The van der Waals surface area contributed by atoms with Crippen LogP contribution in [0, 0.1) is 0 Å². The number of hydrogen-bond acceptors (Lipinski definition) is 2. The molecule has 1 saturated heterocycles. The third-order valence-corrected chi connectivity index (χ3v) is 2.28. The van der Waals surface area contributed by atoms with Gasteiger partial charge >= 0.3 is 0 Å². The fourth-order valence-corrected chi connectivity index (χ4v) is 1.87. The summed E-state index contributed by atoms with van der Waals surface area (Å²) in [4.78, 5) is 2.36. The van der Waals surface area contributed by atoms with Gasteiger partial charge in [0.2, 0.25) is 0 Å². The van der Waals surface area contributed by atoms with Gasteiger partial charge in [-0.2, -0.15) is 0 Å². The predicted octanol–water partition coefficient (Wildman–Crippen LogP) is 0.183. The molecule has 62 valence electrons. The maximum atomic E-state index is 5.93. The molecule has 2 nitrogen and oxygen atoms in total. The van der Waals surface area contributed by atoms with Gasteiger partial charge in [0.25, 0.3) is 0 Å². The molecule has 11 heavy (non-hydrogen) atoms. The summed E-state index contributed by atoms with van der Waals surface area (Å²) in [5, 5.41) is 3.30. The average Bonchev–Trinajstić information content (AvgIpc) is 1.85. The van der Waals surface area contributed by atoms with Crippen LogP contribution in [-0.4, -0.2) is 43.9 Å². The largest absolute Gasteiger partial charge is 0.314 e. The van der Waals surface area contributed by atoms with Crippen molar-refractivity contribution in [3.8, 4) is 0 Å². The van der Waals surface area contributed by atoms with E-state index in [1.807, 2.05) is 0 Å². The zero-order chi connectivity index (χ0) is 8.43. The highest BCUT2D eigenvalue weighted by Crippen LogP contribution is 2.11. The first-order valence-corrected chi connectivity index (χ1v) is 4.36. The number of nitrogens with zero attached hydrogens (tertiary/aromatic N) is 1. The fraction of sp³-hybridized carbons (Fsp3) is 1.00. The van der Waals surface area contributed by atoms with E-state index in [1.54, 1.807) is 0 Å². The van der Waals surface area contributed by atoms with Gasteiger partial charge in [0.15, 0.2) is 0 Å². The maximum absolute atomic E-state index is 5.93. The van der Waals surface area contributed by atoms with Crippen LogP contribution >= 0.6 is 0 Å². The molecule has 0 saturated carbocycles. The van der Waals surface area contributed by atoms with E-state index in [-0.39, 0.29) is 5.94 Å². The van der Waals surface area contributed by atoms with Crippen LogP contribution < -0.4 is 5.32 Å². The van der Waals surface area contributed by atoms with E-state index in [2.05, 4.69) is 31.0 Å². The van der Waals surface area contributed by atoms with Crippen molar-refractivity contribution in [3.63, 3.8) is 0 Å². The Kier molecular flexibility index (Phi) is 2.96. The van der Waals surface area contributed by atoms with Crippen LogP contribution in [0.5, 0.6) is 0 Å². The molecule has 1 aliphatic rings. The van der Waals surface area contributed by atoms with Crippen LogP contribution in [-0.2, 0) is 0 Å². The van der Waals surface area contributed by atoms with Crippen LogP contribution in [0.2, 0.25) is 0 Å². The van der Waals surface area contributed by atoms with Crippen molar-refractivity contribution in [2.75, 3.05) is 13.1 Å². The molecule has 1 aliphatic heterocycles. The lowest BCUT2D eigenvalue weighted by Crippen LogP contribution is -2.58. The van der Waals surface area contributed by atoms with E-state index in [0.717, 1.165) is 13.1 Å². The molecule has 2 atom stereocenters. The SMILES string of the molecule is [B]C1CNCC(C)N1C(C)C. The van der Waals surface area contributed by atoms with Crippen molar-refractivity contribution in [1.29, 1.82) is 0 Å². The highest BCUT2D eigenvalue weighted by molar-refractivity contribution is 6.12. The van der Waals surface area contributed by atoms with E-state index in [4.69, 9.17) is 7.85 Å². The summed E-state index contributed by atoms with van der Waals surface area (Å²) in [7, 11) is 5.93. The Morgan fingerprint density at radius 2 is 2.09 bits per heavy atom. The third kappa shape index (κ3) is 1.97. The number of rotatable bonds is 1. The van der Waals surface area contributed by atoms with Crippen LogP contribution in [0.3, 0.4) is 0 Å². The van der Waals surface area contributed by atoms with Gasteiger partial charge in [0.1, 0.15) is 0 Å². The van der Waals surface area contributed by atoms with E-state index >= 15 is 0 Å². The van der Waals surface area contributed by atoms with Crippen LogP contribution in [0.1, 0.15) is 20.8 Å². The highest BCUT2D eigenvalue weighted by Gasteiger charge is 2.25. The lowest BCUT2D eigenvalue weighted by atomic mass is 9.89. The molecule has 0 amide bonds. The van der Waals surface area contributed by atoms with Crippen LogP contribution in [0.25, 0.3) is 0 Å².